The molecule has 0 bridgehead atoms. The minimum atomic E-state index is 0. The molecule has 0 saturated heterocycles. The number of para-hydroxylation sites is 1. The number of nitrogens with one attached hydrogen (secondary N) is 1. The highest BCUT2D eigenvalue weighted by atomic mass is 35.5. The van der Waals surface area contributed by atoms with E-state index in [9.17, 15) is 4.79 Å². The minimum absolute atomic E-state index is 0. The lowest BCUT2D eigenvalue weighted by Crippen LogP contribution is -2.30. The van der Waals surface area contributed by atoms with Crippen molar-refractivity contribution in [1.82, 2.24) is 0 Å². The summed E-state index contributed by atoms with van der Waals surface area (Å²) in [6, 6.07) is 17.9. The Morgan fingerprint density at radius 1 is 1.04 bits per heavy atom. The lowest BCUT2D eigenvalue weighted by molar-refractivity contribution is -0.120. The number of ether oxygens (including phenoxy) is 1. The number of hydrogen-bond acceptors (Lipinski definition) is 3. The number of amides is 1. The van der Waals surface area contributed by atoms with Gasteiger partial charge in [-0.05, 0) is 36.9 Å². The van der Waals surface area contributed by atoms with Crippen LogP contribution in [0.1, 0.15) is 30.4 Å². The van der Waals surface area contributed by atoms with E-state index in [1.165, 1.54) is 0 Å². The monoisotopic (exact) mass is 374 g/mol. The Labute approximate surface area is 161 Å². The Balaban J connectivity index is 0.00000243. The maximum Gasteiger partial charge on any atom is 0.227 e. The molecule has 0 aliphatic heterocycles. The third kappa shape index (κ3) is 5.31. The van der Waals surface area contributed by atoms with Crippen LogP contribution in [0.2, 0.25) is 0 Å². The second-order valence-electron chi connectivity index (χ2n) is 6.66. The van der Waals surface area contributed by atoms with Crippen molar-refractivity contribution < 1.29 is 9.53 Å². The molecule has 2 atom stereocenters. The summed E-state index contributed by atoms with van der Waals surface area (Å²) >= 11 is 0. The van der Waals surface area contributed by atoms with Crippen LogP contribution >= 0.6 is 12.4 Å². The van der Waals surface area contributed by atoms with Gasteiger partial charge in [-0.15, -0.1) is 12.4 Å². The number of anilines is 1. The van der Waals surface area contributed by atoms with E-state index >= 15 is 0 Å². The van der Waals surface area contributed by atoms with Crippen molar-refractivity contribution in [2.45, 2.75) is 32.5 Å². The van der Waals surface area contributed by atoms with Gasteiger partial charge in [0, 0.05) is 17.2 Å². The van der Waals surface area contributed by atoms with E-state index in [0.717, 1.165) is 36.1 Å². The van der Waals surface area contributed by atoms with Gasteiger partial charge in [-0.2, -0.15) is 0 Å². The molecule has 4 nitrogen and oxygen atoms in total. The fraction of sp³-hybridized carbons (Fsp3) is 0.381. The second-order valence-corrected chi connectivity index (χ2v) is 6.66. The average Bonchev–Trinajstić information content (AvgIpc) is 3.13. The molecule has 2 aromatic carbocycles. The van der Waals surface area contributed by atoms with Crippen LogP contribution in [0.4, 0.5) is 5.69 Å². The number of rotatable bonds is 7. The van der Waals surface area contributed by atoms with Crippen LogP contribution in [0.3, 0.4) is 0 Å². The van der Waals surface area contributed by atoms with Crippen molar-refractivity contribution >= 4 is 24.0 Å². The SMILES string of the molecule is Cl.NC[C@H]1CCC[C@H]1C(=O)Nc1ccccc1COCc1ccccc1. The Hall–Kier alpha value is -1.88. The minimum Gasteiger partial charge on any atom is -0.372 e. The quantitative estimate of drug-likeness (QED) is 0.765. The molecule has 3 rings (SSSR count). The standard InChI is InChI=1S/C21H26N2O2.ClH/c22-13-17-10-6-11-19(17)21(24)23-20-12-5-4-9-18(20)15-25-14-16-7-2-1-3-8-16;/h1-5,7-9,12,17,19H,6,10-11,13-15,22H2,(H,23,24);1H/t17-,19-;/m1./s1. The molecular formula is C21H27ClN2O2. The van der Waals surface area contributed by atoms with Gasteiger partial charge in [0.05, 0.1) is 13.2 Å². The number of nitrogens with two attached hydrogens (primary N) is 1. The van der Waals surface area contributed by atoms with Crippen LogP contribution in [0.25, 0.3) is 0 Å². The maximum atomic E-state index is 12.6. The first-order chi connectivity index (χ1) is 12.3. The Morgan fingerprint density at radius 2 is 1.77 bits per heavy atom. The van der Waals surface area contributed by atoms with Crippen LogP contribution in [0.5, 0.6) is 0 Å². The molecule has 0 aromatic heterocycles. The van der Waals surface area contributed by atoms with Gasteiger partial charge >= 0.3 is 0 Å². The Kier molecular flexibility index (Phi) is 8.10. The van der Waals surface area contributed by atoms with E-state index in [1.54, 1.807) is 0 Å². The first kappa shape index (κ1) is 20.4. The summed E-state index contributed by atoms with van der Waals surface area (Å²) in [6.07, 6.45) is 3.07. The zero-order valence-electron chi connectivity index (χ0n) is 14.9. The topological polar surface area (TPSA) is 64.4 Å². The smallest absolute Gasteiger partial charge is 0.227 e. The van der Waals surface area contributed by atoms with E-state index in [1.807, 2.05) is 54.6 Å². The molecule has 0 radical (unpaired) electrons. The van der Waals surface area contributed by atoms with Gasteiger partial charge in [-0.1, -0.05) is 55.0 Å². The van der Waals surface area contributed by atoms with Crippen molar-refractivity contribution in [1.29, 1.82) is 0 Å². The van der Waals surface area contributed by atoms with Gasteiger partial charge in [-0.3, -0.25) is 4.79 Å². The molecule has 5 heteroatoms. The first-order valence-electron chi connectivity index (χ1n) is 8.98. The van der Waals surface area contributed by atoms with Crippen molar-refractivity contribution in [3.63, 3.8) is 0 Å². The predicted octanol–water partition coefficient (Wildman–Crippen LogP) is 4.14. The fourth-order valence-electron chi connectivity index (χ4n) is 3.51. The Bertz CT molecular complexity index is 693. The number of carbonyl (C=O) groups is 1. The van der Waals surface area contributed by atoms with Crippen molar-refractivity contribution in [2.75, 3.05) is 11.9 Å². The van der Waals surface area contributed by atoms with Gasteiger partial charge in [0.2, 0.25) is 5.91 Å². The van der Waals surface area contributed by atoms with Gasteiger partial charge < -0.3 is 15.8 Å². The number of halogens is 1. The number of hydrogen-bond donors (Lipinski definition) is 2. The van der Waals surface area contributed by atoms with Crippen LogP contribution in [0.15, 0.2) is 54.6 Å². The maximum absolute atomic E-state index is 12.6. The van der Waals surface area contributed by atoms with Crippen molar-refractivity contribution in [2.24, 2.45) is 17.6 Å². The third-order valence-corrected chi connectivity index (χ3v) is 4.94. The van der Waals surface area contributed by atoms with Crippen LogP contribution < -0.4 is 11.1 Å². The van der Waals surface area contributed by atoms with E-state index in [-0.39, 0.29) is 24.2 Å². The lowest BCUT2D eigenvalue weighted by atomic mass is 9.95. The van der Waals surface area contributed by atoms with Crippen molar-refractivity contribution in [3.05, 3.63) is 65.7 Å². The van der Waals surface area contributed by atoms with E-state index in [4.69, 9.17) is 10.5 Å². The molecule has 140 valence electrons. The van der Waals surface area contributed by atoms with Gasteiger partial charge in [0.15, 0.2) is 0 Å². The summed E-state index contributed by atoms with van der Waals surface area (Å²) in [5, 5.41) is 3.09. The van der Waals surface area contributed by atoms with Gasteiger partial charge in [0.25, 0.3) is 0 Å². The second kappa shape index (κ2) is 10.3. The lowest BCUT2D eigenvalue weighted by Gasteiger charge is -2.19. The number of carbonyl (C=O) groups excluding carboxylic acids is 1. The molecule has 1 fully saturated rings. The summed E-state index contributed by atoms with van der Waals surface area (Å²) in [4.78, 5) is 12.6. The summed E-state index contributed by atoms with van der Waals surface area (Å²) < 4.78 is 5.82. The first-order valence-corrected chi connectivity index (χ1v) is 8.98. The average molecular weight is 375 g/mol. The van der Waals surface area contributed by atoms with E-state index < -0.39 is 0 Å². The predicted molar refractivity (Wildman–Crippen MR) is 107 cm³/mol. The summed E-state index contributed by atoms with van der Waals surface area (Å²) in [5.41, 5.74) is 8.78. The molecule has 26 heavy (non-hydrogen) atoms. The normalized spacial score (nSPS) is 19.0. The van der Waals surface area contributed by atoms with Crippen LogP contribution in [-0.4, -0.2) is 12.5 Å². The van der Waals surface area contributed by atoms with E-state index in [2.05, 4.69) is 5.32 Å². The summed E-state index contributed by atoms with van der Waals surface area (Å²) in [7, 11) is 0. The zero-order chi connectivity index (χ0) is 17.5. The fourth-order valence-corrected chi connectivity index (χ4v) is 3.51. The highest BCUT2D eigenvalue weighted by Gasteiger charge is 2.32. The molecule has 2 aromatic rings. The molecule has 0 spiro atoms. The van der Waals surface area contributed by atoms with Crippen LogP contribution in [-0.2, 0) is 22.7 Å². The molecule has 0 heterocycles. The van der Waals surface area contributed by atoms with Gasteiger partial charge in [-0.25, -0.2) is 0 Å². The molecule has 1 aliphatic carbocycles. The third-order valence-electron chi connectivity index (χ3n) is 4.94. The molecular weight excluding hydrogens is 348 g/mol. The molecule has 1 saturated carbocycles. The molecule has 3 N–H and O–H groups in total. The largest absolute Gasteiger partial charge is 0.372 e. The zero-order valence-corrected chi connectivity index (χ0v) is 15.7. The number of benzene rings is 2. The summed E-state index contributed by atoms with van der Waals surface area (Å²) in [5.74, 6) is 0.424. The highest BCUT2D eigenvalue weighted by molar-refractivity contribution is 5.93. The molecule has 1 amide bonds. The van der Waals surface area contributed by atoms with Crippen LogP contribution in [0, 0.1) is 11.8 Å². The summed E-state index contributed by atoms with van der Waals surface area (Å²) in [6.45, 7) is 1.61. The van der Waals surface area contributed by atoms with Gasteiger partial charge in [0.1, 0.15) is 0 Å². The van der Waals surface area contributed by atoms with E-state index in [0.29, 0.717) is 25.7 Å². The Morgan fingerprint density at radius 3 is 2.54 bits per heavy atom. The molecule has 0 unspecified atom stereocenters. The van der Waals surface area contributed by atoms with Crippen molar-refractivity contribution in [3.8, 4) is 0 Å². The molecule has 1 aliphatic rings. The highest BCUT2D eigenvalue weighted by Crippen LogP contribution is 2.32.